The van der Waals surface area contributed by atoms with E-state index in [0.717, 1.165) is 12.0 Å². The first-order chi connectivity index (χ1) is 14.2. The first kappa shape index (κ1) is 24.2. The Bertz CT molecular complexity index is 846. The normalized spacial score (nSPS) is 12.0. The molecule has 0 aliphatic heterocycles. The van der Waals surface area contributed by atoms with E-state index in [4.69, 9.17) is 23.2 Å². The molecule has 2 amide bonds. The second-order valence-electron chi connectivity index (χ2n) is 7.73. The monoisotopic (exact) mass is 448 g/mol. The Hall–Kier alpha value is -2.04. The maximum Gasteiger partial charge on any atom is 0.242 e. The van der Waals surface area contributed by atoms with Crippen LogP contribution in [-0.4, -0.2) is 28.8 Å². The molecule has 0 heterocycles. The van der Waals surface area contributed by atoms with Crippen LogP contribution >= 0.6 is 23.2 Å². The predicted molar refractivity (Wildman–Crippen MR) is 124 cm³/mol. The fourth-order valence-corrected chi connectivity index (χ4v) is 3.69. The zero-order chi connectivity index (χ0) is 22.3. The number of aryl methyl sites for hydroxylation is 2. The summed E-state index contributed by atoms with van der Waals surface area (Å²) in [6.07, 6.45) is 1.88. The van der Waals surface area contributed by atoms with Gasteiger partial charge >= 0.3 is 0 Å². The largest absolute Gasteiger partial charge is 0.352 e. The van der Waals surface area contributed by atoms with Crippen LogP contribution in [0.5, 0.6) is 0 Å². The Morgan fingerprint density at radius 3 is 2.07 bits per heavy atom. The van der Waals surface area contributed by atoms with Crippen molar-refractivity contribution in [1.82, 2.24) is 10.2 Å². The highest BCUT2D eigenvalue weighted by Crippen LogP contribution is 2.27. The molecule has 1 N–H and O–H groups in total. The van der Waals surface area contributed by atoms with E-state index in [-0.39, 0.29) is 24.4 Å². The van der Waals surface area contributed by atoms with Gasteiger partial charge in [0.2, 0.25) is 11.8 Å². The molecule has 2 rings (SSSR count). The van der Waals surface area contributed by atoms with Gasteiger partial charge in [-0.25, -0.2) is 0 Å². The molecule has 0 saturated carbocycles. The lowest BCUT2D eigenvalue weighted by Gasteiger charge is -2.30. The summed E-state index contributed by atoms with van der Waals surface area (Å²) in [5, 5.41) is 3.84. The summed E-state index contributed by atoms with van der Waals surface area (Å²) in [5.41, 5.74) is 3.00. The van der Waals surface area contributed by atoms with Gasteiger partial charge in [-0.3, -0.25) is 9.59 Å². The van der Waals surface area contributed by atoms with E-state index >= 15 is 0 Å². The first-order valence-electron chi connectivity index (χ1n) is 10.3. The molecule has 0 saturated heterocycles. The Labute approximate surface area is 189 Å². The van der Waals surface area contributed by atoms with E-state index in [9.17, 15) is 9.59 Å². The molecule has 30 heavy (non-hydrogen) atoms. The maximum absolute atomic E-state index is 13.2. The van der Waals surface area contributed by atoms with E-state index in [2.05, 4.69) is 36.5 Å². The Kier molecular flexibility index (Phi) is 9.19. The summed E-state index contributed by atoms with van der Waals surface area (Å²) >= 11 is 12.7. The highest BCUT2D eigenvalue weighted by atomic mass is 35.5. The summed E-state index contributed by atoms with van der Waals surface area (Å²) in [6.45, 7) is 7.80. The van der Waals surface area contributed by atoms with Gasteiger partial charge < -0.3 is 10.2 Å². The molecule has 2 aromatic rings. The number of hydrogen-bond donors (Lipinski definition) is 1. The van der Waals surface area contributed by atoms with Crippen LogP contribution in [0, 0.1) is 0 Å². The fourth-order valence-electron chi connectivity index (χ4n) is 3.18. The number of rotatable bonds is 9. The average Bonchev–Trinajstić information content (AvgIpc) is 2.71. The molecule has 0 aliphatic carbocycles. The number of halogens is 2. The van der Waals surface area contributed by atoms with Gasteiger partial charge in [0, 0.05) is 34.6 Å². The summed E-state index contributed by atoms with van der Waals surface area (Å²) in [6, 6.07) is 12.8. The topological polar surface area (TPSA) is 49.4 Å². The molecule has 4 nitrogen and oxygen atoms in total. The molecule has 0 fully saturated rings. The number of nitrogens with one attached hydrogen (secondary N) is 1. The van der Waals surface area contributed by atoms with Crippen molar-refractivity contribution < 1.29 is 9.59 Å². The van der Waals surface area contributed by atoms with Crippen molar-refractivity contribution in [2.45, 2.75) is 65.6 Å². The van der Waals surface area contributed by atoms with Crippen molar-refractivity contribution in [2.24, 2.45) is 0 Å². The van der Waals surface area contributed by atoms with Gasteiger partial charge in [-0.1, -0.05) is 60.5 Å². The molecule has 2 aromatic carbocycles. The van der Waals surface area contributed by atoms with Gasteiger partial charge in [-0.05, 0) is 56.9 Å². The van der Waals surface area contributed by atoms with Gasteiger partial charge in [0.15, 0.2) is 0 Å². The molecule has 1 atom stereocenters. The summed E-state index contributed by atoms with van der Waals surface area (Å²) in [4.78, 5) is 27.4. The summed E-state index contributed by atoms with van der Waals surface area (Å²) in [5.74, 6) is -0.314. The van der Waals surface area contributed by atoms with Crippen LogP contribution in [0.15, 0.2) is 42.5 Å². The standard InChI is InChI=1S/C24H30Cl2N2O2/c1-5-18-9-11-19(12-10-18)13-14-23(29)28(17(4)24(30)27-16(2)3)15-20-21(25)7-6-8-22(20)26/h6-12,16-17H,5,13-15H2,1-4H3,(H,27,30)/t17-/m1/s1. The average molecular weight is 449 g/mol. The third-order valence-electron chi connectivity index (χ3n) is 5.05. The highest BCUT2D eigenvalue weighted by molar-refractivity contribution is 6.36. The molecule has 6 heteroatoms. The van der Waals surface area contributed by atoms with Crippen molar-refractivity contribution in [3.05, 3.63) is 69.2 Å². The summed E-state index contributed by atoms with van der Waals surface area (Å²) in [7, 11) is 0. The number of hydrogen-bond acceptors (Lipinski definition) is 2. The first-order valence-corrected chi connectivity index (χ1v) is 11.1. The number of amides is 2. The van der Waals surface area contributed by atoms with Crippen LogP contribution in [0.4, 0.5) is 0 Å². The molecule has 162 valence electrons. The van der Waals surface area contributed by atoms with Crippen LogP contribution in [0.2, 0.25) is 10.0 Å². The fraction of sp³-hybridized carbons (Fsp3) is 0.417. The van der Waals surface area contributed by atoms with Crippen LogP contribution in [0.3, 0.4) is 0 Å². The lowest BCUT2D eigenvalue weighted by atomic mass is 10.0. The van der Waals surface area contributed by atoms with Gasteiger partial charge in [-0.2, -0.15) is 0 Å². The Morgan fingerprint density at radius 1 is 0.967 bits per heavy atom. The number of carbonyl (C=O) groups excluding carboxylic acids is 2. The van der Waals surface area contributed by atoms with Crippen LogP contribution in [0.1, 0.15) is 50.8 Å². The Morgan fingerprint density at radius 2 is 1.53 bits per heavy atom. The lowest BCUT2D eigenvalue weighted by Crippen LogP contribution is -2.49. The van der Waals surface area contributed by atoms with Crippen LogP contribution < -0.4 is 5.32 Å². The van der Waals surface area contributed by atoms with Crippen molar-refractivity contribution in [3.8, 4) is 0 Å². The highest BCUT2D eigenvalue weighted by Gasteiger charge is 2.27. The smallest absolute Gasteiger partial charge is 0.242 e. The predicted octanol–water partition coefficient (Wildman–Crippen LogP) is 5.43. The third-order valence-corrected chi connectivity index (χ3v) is 5.76. The molecule has 0 bridgehead atoms. The third kappa shape index (κ3) is 6.75. The van der Waals surface area contributed by atoms with Gasteiger partial charge in [-0.15, -0.1) is 0 Å². The zero-order valence-corrected chi connectivity index (χ0v) is 19.6. The lowest BCUT2D eigenvalue weighted by molar-refractivity contribution is -0.140. The zero-order valence-electron chi connectivity index (χ0n) is 18.0. The molecule has 0 radical (unpaired) electrons. The van der Waals surface area contributed by atoms with E-state index < -0.39 is 6.04 Å². The number of carbonyl (C=O) groups is 2. The van der Waals surface area contributed by atoms with Crippen LogP contribution in [0.25, 0.3) is 0 Å². The molecule has 0 spiro atoms. The van der Waals surface area contributed by atoms with Crippen molar-refractivity contribution in [3.63, 3.8) is 0 Å². The number of nitrogens with zero attached hydrogens (tertiary/aromatic N) is 1. The van der Waals surface area contributed by atoms with Gasteiger partial charge in [0.05, 0.1) is 0 Å². The van der Waals surface area contributed by atoms with E-state index in [0.29, 0.717) is 28.5 Å². The quantitative estimate of drug-likeness (QED) is 0.555. The molecule has 0 aliphatic rings. The summed E-state index contributed by atoms with van der Waals surface area (Å²) < 4.78 is 0. The second-order valence-corrected chi connectivity index (χ2v) is 8.55. The van der Waals surface area contributed by atoms with Crippen molar-refractivity contribution >= 4 is 35.0 Å². The molecular formula is C24H30Cl2N2O2. The minimum atomic E-state index is -0.644. The molecule has 0 unspecified atom stereocenters. The second kappa shape index (κ2) is 11.4. The van der Waals surface area contributed by atoms with E-state index in [1.807, 2.05) is 13.8 Å². The minimum Gasteiger partial charge on any atom is -0.352 e. The van der Waals surface area contributed by atoms with Crippen molar-refractivity contribution in [2.75, 3.05) is 0 Å². The van der Waals surface area contributed by atoms with Gasteiger partial charge in [0.25, 0.3) is 0 Å². The van der Waals surface area contributed by atoms with Gasteiger partial charge in [0.1, 0.15) is 6.04 Å². The molecule has 0 aromatic heterocycles. The van der Waals surface area contributed by atoms with E-state index in [1.54, 1.807) is 30.0 Å². The maximum atomic E-state index is 13.2. The molecular weight excluding hydrogens is 419 g/mol. The SMILES string of the molecule is CCc1ccc(CCC(=O)N(Cc2c(Cl)cccc2Cl)[C@H](C)C(=O)NC(C)C)cc1. The number of benzene rings is 2. The van der Waals surface area contributed by atoms with Crippen LogP contribution in [-0.2, 0) is 29.0 Å². The van der Waals surface area contributed by atoms with Crippen molar-refractivity contribution in [1.29, 1.82) is 0 Å². The van der Waals surface area contributed by atoms with E-state index in [1.165, 1.54) is 5.56 Å². The minimum absolute atomic E-state index is 0.0158. The Balaban J connectivity index is 2.20.